The van der Waals surface area contributed by atoms with Gasteiger partial charge in [0, 0.05) is 51.2 Å². The van der Waals surface area contributed by atoms with Crippen LogP contribution in [0.15, 0.2) is 47.4 Å². The van der Waals surface area contributed by atoms with Crippen LogP contribution in [0.4, 0.5) is 14.5 Å². The maximum atomic E-state index is 13.8. The van der Waals surface area contributed by atoms with Gasteiger partial charge in [-0.3, -0.25) is 9.69 Å². The van der Waals surface area contributed by atoms with Crippen LogP contribution >= 0.6 is 0 Å². The molecule has 25 heavy (non-hydrogen) atoms. The average Bonchev–Trinajstić information content (AvgIpc) is 2.63. The monoisotopic (exact) mass is 349 g/mol. The van der Waals surface area contributed by atoms with Crippen LogP contribution in [0.1, 0.15) is 11.7 Å². The van der Waals surface area contributed by atoms with E-state index in [1.165, 1.54) is 16.8 Å². The van der Waals surface area contributed by atoms with Crippen molar-refractivity contribution in [1.82, 2.24) is 9.47 Å². The lowest BCUT2D eigenvalue weighted by Crippen LogP contribution is -2.49. The van der Waals surface area contributed by atoms with Crippen molar-refractivity contribution in [2.45, 2.75) is 12.5 Å². The molecule has 0 bridgehead atoms. The van der Waals surface area contributed by atoms with E-state index in [1.54, 1.807) is 11.9 Å². The first kappa shape index (κ1) is 17.4. The van der Waals surface area contributed by atoms with Crippen LogP contribution in [-0.2, 0) is 7.05 Å². The molecule has 1 aliphatic heterocycles. The fraction of sp³-hybridized carbons (Fsp3) is 0.389. The molecule has 1 atom stereocenters. The fourth-order valence-corrected chi connectivity index (χ4v) is 3.33. The number of anilines is 1. The van der Waals surface area contributed by atoms with E-state index in [-0.39, 0.29) is 5.69 Å². The Morgan fingerprint density at radius 1 is 1.04 bits per heavy atom. The number of halogens is 2. The molecule has 1 N–H and O–H groups in total. The summed E-state index contributed by atoms with van der Waals surface area (Å²) in [5.74, 6) is -0.596. The lowest BCUT2D eigenvalue weighted by Gasteiger charge is -2.40. The number of aromatic nitrogens is 1. The van der Waals surface area contributed by atoms with E-state index < -0.39 is 23.6 Å². The summed E-state index contributed by atoms with van der Waals surface area (Å²) in [6.45, 7) is 2.06. The molecule has 0 radical (unpaired) electrons. The maximum absolute atomic E-state index is 13.8. The number of benzene rings is 1. The predicted molar refractivity (Wildman–Crippen MR) is 92.3 cm³/mol. The largest absolute Gasteiger partial charge is 0.503 e. The summed E-state index contributed by atoms with van der Waals surface area (Å²) in [6, 6.07) is 9.68. The number of para-hydroxylation sites is 1. The Balaban J connectivity index is 1.82. The van der Waals surface area contributed by atoms with Crippen molar-refractivity contribution in [3.05, 3.63) is 58.5 Å². The number of rotatable bonds is 4. The minimum Gasteiger partial charge on any atom is -0.503 e. The molecule has 7 heteroatoms. The molecule has 1 fully saturated rings. The molecule has 3 rings (SSSR count). The minimum atomic E-state index is -2.71. The van der Waals surface area contributed by atoms with Gasteiger partial charge < -0.3 is 14.6 Å². The van der Waals surface area contributed by atoms with Crippen LogP contribution in [0.25, 0.3) is 0 Å². The Labute approximate surface area is 144 Å². The summed E-state index contributed by atoms with van der Waals surface area (Å²) in [6.07, 6.45) is -1.30. The van der Waals surface area contributed by atoms with Gasteiger partial charge in [0.05, 0.1) is 5.69 Å². The first-order valence-corrected chi connectivity index (χ1v) is 8.19. The van der Waals surface area contributed by atoms with E-state index >= 15 is 0 Å². The van der Waals surface area contributed by atoms with Gasteiger partial charge in [-0.2, -0.15) is 0 Å². The molecule has 1 unspecified atom stereocenters. The molecular formula is C18H21F2N3O2. The third-order valence-electron chi connectivity index (χ3n) is 4.65. The number of hydrogen-bond donors (Lipinski definition) is 1. The highest BCUT2D eigenvalue weighted by Crippen LogP contribution is 2.32. The second-order valence-corrected chi connectivity index (χ2v) is 6.16. The van der Waals surface area contributed by atoms with Crippen LogP contribution in [0, 0.1) is 0 Å². The quantitative estimate of drug-likeness (QED) is 0.920. The Bertz CT molecular complexity index is 772. The molecule has 2 aromatic rings. The van der Waals surface area contributed by atoms with Gasteiger partial charge in [-0.15, -0.1) is 0 Å². The topological polar surface area (TPSA) is 48.7 Å². The predicted octanol–water partition coefficient (Wildman–Crippen LogP) is 2.22. The van der Waals surface area contributed by atoms with Crippen molar-refractivity contribution in [1.29, 1.82) is 0 Å². The van der Waals surface area contributed by atoms with E-state index in [4.69, 9.17) is 0 Å². The summed E-state index contributed by atoms with van der Waals surface area (Å²) in [4.78, 5) is 15.5. The smallest absolute Gasteiger partial charge is 0.259 e. The van der Waals surface area contributed by atoms with Crippen LogP contribution < -0.4 is 10.3 Å². The summed E-state index contributed by atoms with van der Waals surface area (Å²) in [7, 11) is 1.56. The van der Waals surface area contributed by atoms with Crippen molar-refractivity contribution in [3.8, 4) is 5.75 Å². The third kappa shape index (κ3) is 3.51. The Morgan fingerprint density at radius 2 is 1.68 bits per heavy atom. The van der Waals surface area contributed by atoms with Crippen LogP contribution in [0.2, 0.25) is 0 Å². The standard InChI is InChI=1S/C18H21F2N3O2/c1-21-8-7-14(24)17(25)15(21)16(18(19)20)23-11-9-22(10-12-23)13-5-3-2-4-6-13/h2-8,16,18,25H,9-12H2,1H3. The molecule has 1 aliphatic rings. The third-order valence-corrected chi connectivity index (χ3v) is 4.65. The summed E-state index contributed by atoms with van der Waals surface area (Å²) >= 11 is 0. The van der Waals surface area contributed by atoms with Crippen molar-refractivity contribution >= 4 is 5.69 Å². The van der Waals surface area contributed by atoms with Gasteiger partial charge in [0.15, 0.2) is 5.75 Å². The van der Waals surface area contributed by atoms with Crippen molar-refractivity contribution < 1.29 is 13.9 Å². The molecule has 0 saturated carbocycles. The zero-order chi connectivity index (χ0) is 18.0. The fourth-order valence-electron chi connectivity index (χ4n) is 3.33. The number of aryl methyl sites for hydroxylation is 1. The maximum Gasteiger partial charge on any atom is 0.259 e. The Morgan fingerprint density at radius 3 is 2.28 bits per heavy atom. The number of aromatic hydroxyl groups is 1. The van der Waals surface area contributed by atoms with E-state index in [2.05, 4.69) is 4.90 Å². The van der Waals surface area contributed by atoms with Crippen molar-refractivity contribution in [2.75, 3.05) is 31.1 Å². The molecule has 1 saturated heterocycles. The number of nitrogens with zero attached hydrogens (tertiary/aromatic N) is 3. The van der Waals surface area contributed by atoms with Gasteiger partial charge >= 0.3 is 0 Å². The molecule has 0 amide bonds. The van der Waals surface area contributed by atoms with E-state index in [9.17, 15) is 18.7 Å². The average molecular weight is 349 g/mol. The minimum absolute atomic E-state index is 0.0318. The summed E-state index contributed by atoms with van der Waals surface area (Å²) in [5.41, 5.74) is 0.392. The van der Waals surface area contributed by atoms with E-state index in [1.807, 2.05) is 30.3 Å². The Hall–Kier alpha value is -2.41. The molecular weight excluding hydrogens is 328 g/mol. The van der Waals surface area contributed by atoms with E-state index in [0.29, 0.717) is 26.2 Å². The molecule has 134 valence electrons. The lowest BCUT2D eigenvalue weighted by atomic mass is 10.1. The molecule has 0 aliphatic carbocycles. The van der Waals surface area contributed by atoms with Gasteiger partial charge in [-0.05, 0) is 12.1 Å². The van der Waals surface area contributed by atoms with Crippen molar-refractivity contribution in [3.63, 3.8) is 0 Å². The molecule has 1 aromatic heterocycles. The van der Waals surface area contributed by atoms with E-state index in [0.717, 1.165) is 5.69 Å². The zero-order valence-corrected chi connectivity index (χ0v) is 14.0. The second-order valence-electron chi connectivity index (χ2n) is 6.16. The molecule has 2 heterocycles. The highest BCUT2D eigenvalue weighted by Gasteiger charge is 2.35. The molecule has 5 nitrogen and oxygen atoms in total. The van der Waals surface area contributed by atoms with Crippen LogP contribution in [0.3, 0.4) is 0 Å². The van der Waals surface area contributed by atoms with Gasteiger partial charge in [0.25, 0.3) is 6.43 Å². The Kier molecular flexibility index (Phi) is 5.03. The highest BCUT2D eigenvalue weighted by molar-refractivity contribution is 5.46. The zero-order valence-electron chi connectivity index (χ0n) is 14.0. The number of alkyl halides is 2. The lowest BCUT2D eigenvalue weighted by molar-refractivity contribution is 0.0158. The normalized spacial score (nSPS) is 17.0. The number of pyridine rings is 1. The summed E-state index contributed by atoms with van der Waals surface area (Å²) < 4.78 is 29.0. The molecule has 1 aromatic carbocycles. The first-order valence-electron chi connectivity index (χ1n) is 8.19. The SMILES string of the molecule is Cn1ccc(=O)c(O)c1C(C(F)F)N1CCN(c2ccccc2)CC1. The van der Waals surface area contributed by atoms with Gasteiger partial charge in [-0.25, -0.2) is 8.78 Å². The van der Waals surface area contributed by atoms with Gasteiger partial charge in [0.2, 0.25) is 5.43 Å². The first-order chi connectivity index (χ1) is 12.0. The molecule has 0 spiro atoms. The van der Waals surface area contributed by atoms with Gasteiger partial charge in [0.1, 0.15) is 6.04 Å². The summed E-state index contributed by atoms with van der Waals surface area (Å²) in [5, 5.41) is 10.1. The highest BCUT2D eigenvalue weighted by atomic mass is 19.3. The van der Waals surface area contributed by atoms with Crippen molar-refractivity contribution in [2.24, 2.45) is 7.05 Å². The van der Waals surface area contributed by atoms with Crippen LogP contribution in [0.5, 0.6) is 5.75 Å². The number of piperazine rings is 1. The van der Waals surface area contributed by atoms with Crippen LogP contribution in [-0.4, -0.2) is 47.2 Å². The van der Waals surface area contributed by atoms with Gasteiger partial charge in [-0.1, -0.05) is 18.2 Å². The number of hydrogen-bond acceptors (Lipinski definition) is 4. The second kappa shape index (κ2) is 7.23.